The second-order valence-corrected chi connectivity index (χ2v) is 8.40. The lowest BCUT2D eigenvalue weighted by molar-refractivity contribution is -0.258. The number of halogens is 3. The van der Waals surface area contributed by atoms with Crippen molar-refractivity contribution in [2.45, 2.75) is 68.8 Å². The van der Waals surface area contributed by atoms with Crippen LogP contribution in [0.3, 0.4) is 0 Å². The minimum absolute atomic E-state index is 0.0650. The number of piperidine rings is 1. The van der Waals surface area contributed by atoms with Gasteiger partial charge in [-0.15, -0.1) is 0 Å². The van der Waals surface area contributed by atoms with Gasteiger partial charge in [-0.25, -0.2) is 8.42 Å². The highest BCUT2D eigenvalue weighted by atomic mass is 32.2. The second-order valence-electron chi connectivity index (χ2n) is 6.56. The Morgan fingerprint density at radius 1 is 1.08 bits per heavy atom. The van der Waals surface area contributed by atoms with Gasteiger partial charge in [0.15, 0.2) is 5.60 Å². The standard InChI is InChI=1S/C16H22F3NO3S/c1-11-5-4-6-12(2)20(11)24(22,23)14-9-7-13(8-10-14)15(3,21)16(17,18)19/h7-12,21H,4-6H2,1-3H3/t11-,12?,15?/m0/s1. The summed E-state index contributed by atoms with van der Waals surface area (Å²) in [5.41, 5.74) is -3.42. The van der Waals surface area contributed by atoms with Crippen LogP contribution < -0.4 is 0 Å². The van der Waals surface area contributed by atoms with E-state index in [-0.39, 0.29) is 17.0 Å². The first-order valence-corrected chi connectivity index (χ1v) is 9.26. The molecule has 1 aromatic rings. The van der Waals surface area contributed by atoms with Gasteiger partial charge in [-0.3, -0.25) is 0 Å². The molecule has 0 spiro atoms. The predicted octanol–water partition coefficient (Wildman–Crippen LogP) is 3.41. The predicted molar refractivity (Wildman–Crippen MR) is 83.9 cm³/mol. The summed E-state index contributed by atoms with van der Waals surface area (Å²) < 4.78 is 65.6. The third-order valence-corrected chi connectivity index (χ3v) is 6.80. The molecule has 8 heteroatoms. The van der Waals surface area contributed by atoms with Crippen LogP contribution in [-0.2, 0) is 15.6 Å². The fraction of sp³-hybridized carbons (Fsp3) is 0.625. The number of rotatable bonds is 3. The first-order chi connectivity index (χ1) is 10.9. The lowest BCUT2D eigenvalue weighted by Gasteiger charge is -2.37. The van der Waals surface area contributed by atoms with E-state index in [1.807, 2.05) is 13.8 Å². The highest BCUT2D eigenvalue weighted by molar-refractivity contribution is 7.89. The topological polar surface area (TPSA) is 57.6 Å². The van der Waals surface area contributed by atoms with Crippen molar-refractivity contribution in [3.8, 4) is 0 Å². The van der Waals surface area contributed by atoms with Crippen LogP contribution in [0, 0.1) is 0 Å². The van der Waals surface area contributed by atoms with E-state index in [1.165, 1.54) is 4.31 Å². The molecule has 0 amide bonds. The number of hydrogen-bond acceptors (Lipinski definition) is 3. The number of sulfonamides is 1. The zero-order valence-electron chi connectivity index (χ0n) is 13.8. The molecule has 1 heterocycles. The van der Waals surface area contributed by atoms with E-state index in [2.05, 4.69) is 0 Å². The van der Waals surface area contributed by atoms with Crippen LogP contribution in [-0.4, -0.2) is 36.1 Å². The van der Waals surface area contributed by atoms with Gasteiger partial charge in [0.1, 0.15) is 0 Å². The molecular formula is C16H22F3NO3S. The molecule has 0 bridgehead atoms. The summed E-state index contributed by atoms with van der Waals surface area (Å²) >= 11 is 0. The molecule has 2 unspecified atom stereocenters. The summed E-state index contributed by atoms with van der Waals surface area (Å²) in [6.07, 6.45) is -2.39. The van der Waals surface area contributed by atoms with Gasteiger partial charge in [0, 0.05) is 12.1 Å². The van der Waals surface area contributed by atoms with Crippen LogP contribution in [0.1, 0.15) is 45.6 Å². The number of aliphatic hydroxyl groups is 1. The van der Waals surface area contributed by atoms with E-state index in [9.17, 15) is 26.7 Å². The first kappa shape index (κ1) is 19.2. The molecule has 0 aliphatic carbocycles. The Morgan fingerprint density at radius 2 is 1.54 bits per heavy atom. The third-order valence-electron chi connectivity index (χ3n) is 4.66. The molecule has 1 aliphatic rings. The van der Waals surface area contributed by atoms with Crippen LogP contribution in [0.25, 0.3) is 0 Å². The fourth-order valence-corrected chi connectivity index (χ4v) is 4.99. The molecule has 1 aromatic carbocycles. The van der Waals surface area contributed by atoms with E-state index in [0.717, 1.165) is 43.5 Å². The zero-order chi connectivity index (χ0) is 18.3. The van der Waals surface area contributed by atoms with Crippen molar-refractivity contribution in [1.29, 1.82) is 0 Å². The van der Waals surface area contributed by atoms with E-state index < -0.39 is 27.4 Å². The molecule has 3 atom stereocenters. The molecule has 1 aliphatic heterocycles. The summed E-state index contributed by atoms with van der Waals surface area (Å²) in [5, 5.41) is 9.66. The summed E-state index contributed by atoms with van der Waals surface area (Å²) in [7, 11) is -3.79. The van der Waals surface area contributed by atoms with Gasteiger partial charge in [-0.2, -0.15) is 17.5 Å². The Balaban J connectivity index is 2.37. The fourth-order valence-electron chi connectivity index (χ4n) is 3.11. The number of nitrogens with zero attached hydrogens (tertiary/aromatic N) is 1. The summed E-state index contributed by atoms with van der Waals surface area (Å²) in [6.45, 7) is 4.30. The van der Waals surface area contributed by atoms with Gasteiger partial charge in [-0.05, 0) is 51.3 Å². The molecule has 1 N–H and O–H groups in total. The van der Waals surface area contributed by atoms with Crippen LogP contribution >= 0.6 is 0 Å². The van der Waals surface area contributed by atoms with Crippen molar-refractivity contribution in [2.24, 2.45) is 0 Å². The summed E-state index contributed by atoms with van der Waals surface area (Å²) in [6, 6.07) is 3.96. The molecule has 0 radical (unpaired) electrons. The van der Waals surface area contributed by atoms with E-state index >= 15 is 0 Å². The monoisotopic (exact) mass is 365 g/mol. The van der Waals surface area contributed by atoms with Crippen LogP contribution in [0.4, 0.5) is 13.2 Å². The van der Waals surface area contributed by atoms with Gasteiger partial charge in [-0.1, -0.05) is 18.6 Å². The van der Waals surface area contributed by atoms with Gasteiger partial charge in [0.2, 0.25) is 10.0 Å². The van der Waals surface area contributed by atoms with E-state index in [4.69, 9.17) is 0 Å². The van der Waals surface area contributed by atoms with Gasteiger partial charge in [0.05, 0.1) is 4.90 Å². The molecule has 1 fully saturated rings. The molecular weight excluding hydrogens is 343 g/mol. The van der Waals surface area contributed by atoms with E-state index in [0.29, 0.717) is 6.92 Å². The van der Waals surface area contributed by atoms with Crippen LogP contribution in [0.2, 0.25) is 0 Å². The normalized spacial score (nSPS) is 26.1. The molecule has 0 saturated carbocycles. The second kappa shape index (κ2) is 6.31. The third kappa shape index (κ3) is 3.32. The lowest BCUT2D eigenvalue weighted by atomic mass is 9.96. The average molecular weight is 365 g/mol. The largest absolute Gasteiger partial charge is 0.421 e. The molecule has 2 rings (SSSR count). The van der Waals surface area contributed by atoms with Crippen molar-refractivity contribution in [2.75, 3.05) is 0 Å². The average Bonchev–Trinajstić information content (AvgIpc) is 2.45. The maximum atomic E-state index is 12.9. The molecule has 0 aromatic heterocycles. The smallest absolute Gasteiger partial charge is 0.376 e. The molecule has 24 heavy (non-hydrogen) atoms. The van der Waals surface area contributed by atoms with Gasteiger partial charge in [0.25, 0.3) is 0 Å². The van der Waals surface area contributed by atoms with Crippen molar-refractivity contribution in [3.63, 3.8) is 0 Å². The van der Waals surface area contributed by atoms with Crippen molar-refractivity contribution in [1.82, 2.24) is 4.31 Å². The highest BCUT2D eigenvalue weighted by Gasteiger charge is 2.51. The number of benzene rings is 1. The quantitative estimate of drug-likeness (QED) is 0.893. The van der Waals surface area contributed by atoms with Gasteiger partial charge >= 0.3 is 6.18 Å². The minimum Gasteiger partial charge on any atom is -0.376 e. The molecule has 136 valence electrons. The first-order valence-electron chi connectivity index (χ1n) is 7.82. The number of alkyl halides is 3. The highest BCUT2D eigenvalue weighted by Crippen LogP contribution is 2.39. The maximum Gasteiger partial charge on any atom is 0.421 e. The molecule has 4 nitrogen and oxygen atoms in total. The Bertz CT molecular complexity index is 674. The Labute approximate surface area is 140 Å². The van der Waals surface area contributed by atoms with E-state index in [1.54, 1.807) is 0 Å². The Hall–Kier alpha value is -1.12. The SMILES string of the molecule is CC1CCC[C@H](C)N1S(=O)(=O)c1ccc(C(C)(O)C(F)(F)F)cc1. The number of hydrogen-bond donors (Lipinski definition) is 1. The summed E-state index contributed by atoms with van der Waals surface area (Å²) in [5.74, 6) is 0. The van der Waals surface area contributed by atoms with Crippen LogP contribution in [0.15, 0.2) is 29.2 Å². The minimum atomic E-state index is -4.84. The zero-order valence-corrected chi connectivity index (χ0v) is 14.7. The van der Waals surface area contributed by atoms with Crippen molar-refractivity contribution < 1.29 is 26.7 Å². The summed E-state index contributed by atoms with van der Waals surface area (Å²) in [4.78, 5) is -0.0650. The molecule has 1 saturated heterocycles. The van der Waals surface area contributed by atoms with Crippen LogP contribution in [0.5, 0.6) is 0 Å². The lowest BCUT2D eigenvalue weighted by Crippen LogP contribution is -2.47. The van der Waals surface area contributed by atoms with Crippen molar-refractivity contribution in [3.05, 3.63) is 29.8 Å². The van der Waals surface area contributed by atoms with Gasteiger partial charge < -0.3 is 5.11 Å². The maximum absolute atomic E-state index is 12.9. The van der Waals surface area contributed by atoms with Crippen molar-refractivity contribution >= 4 is 10.0 Å². The Kier molecular flexibility index (Phi) is 5.05. The Morgan fingerprint density at radius 3 is 1.96 bits per heavy atom.